The van der Waals surface area contributed by atoms with E-state index in [0.29, 0.717) is 21.8 Å². The molecule has 0 amide bonds. The van der Waals surface area contributed by atoms with E-state index in [0.717, 1.165) is 0 Å². The normalized spacial score (nSPS) is 10.8. The van der Waals surface area contributed by atoms with E-state index in [1.165, 1.54) is 22.9 Å². The predicted octanol–water partition coefficient (Wildman–Crippen LogP) is 3.24. The second kappa shape index (κ2) is 6.45. The monoisotopic (exact) mass is 348 g/mol. The summed E-state index contributed by atoms with van der Waals surface area (Å²) in [7, 11) is 1.77. The van der Waals surface area contributed by atoms with Crippen molar-refractivity contribution in [3.63, 3.8) is 0 Å². The van der Waals surface area contributed by atoms with Crippen LogP contribution in [0.4, 0.5) is 4.39 Å². The van der Waals surface area contributed by atoms with E-state index in [1.807, 2.05) is 0 Å². The van der Waals surface area contributed by atoms with Gasteiger partial charge in [-0.05, 0) is 19.1 Å². The molecular formula is C16H14ClFN4O2. The van der Waals surface area contributed by atoms with E-state index < -0.39 is 11.8 Å². The number of halogens is 2. The molecule has 0 aliphatic heterocycles. The highest BCUT2D eigenvalue weighted by Gasteiger charge is 2.21. The molecule has 3 rings (SSSR count). The number of rotatable bonds is 4. The van der Waals surface area contributed by atoms with Crippen molar-refractivity contribution in [3.8, 4) is 16.8 Å². The zero-order valence-electron chi connectivity index (χ0n) is 13.0. The SMILES string of the molecule is CCOC(=O)c1nn(-c2cc(F)ccc2Cl)cc1-c1cnn(C)c1. The summed E-state index contributed by atoms with van der Waals surface area (Å²) in [6.45, 7) is 1.93. The number of hydrogen-bond donors (Lipinski definition) is 0. The summed E-state index contributed by atoms with van der Waals surface area (Å²) in [4.78, 5) is 12.2. The molecular weight excluding hydrogens is 335 g/mol. The molecule has 3 aromatic rings. The number of carbonyl (C=O) groups excluding carboxylic acids is 1. The molecule has 0 atom stereocenters. The first-order valence-electron chi connectivity index (χ1n) is 7.21. The van der Waals surface area contributed by atoms with Crippen molar-refractivity contribution in [2.75, 3.05) is 6.61 Å². The lowest BCUT2D eigenvalue weighted by molar-refractivity contribution is 0.0520. The standard InChI is InChI=1S/C16H14ClFN4O2/c1-3-24-16(23)15-12(10-7-19-21(2)8-10)9-22(20-15)14-6-11(18)4-5-13(14)17/h4-9H,3H2,1-2H3. The van der Waals surface area contributed by atoms with Crippen molar-refractivity contribution in [2.45, 2.75) is 6.92 Å². The van der Waals surface area contributed by atoms with Gasteiger partial charge in [-0.1, -0.05) is 11.6 Å². The van der Waals surface area contributed by atoms with Crippen molar-refractivity contribution in [1.29, 1.82) is 0 Å². The molecule has 0 bridgehead atoms. The molecule has 24 heavy (non-hydrogen) atoms. The molecule has 0 radical (unpaired) electrons. The van der Waals surface area contributed by atoms with Crippen LogP contribution in [0, 0.1) is 5.82 Å². The van der Waals surface area contributed by atoms with Crippen LogP contribution in [-0.4, -0.2) is 32.1 Å². The number of carbonyl (C=O) groups is 1. The first kappa shape index (κ1) is 16.2. The Hall–Kier alpha value is -2.67. The zero-order valence-corrected chi connectivity index (χ0v) is 13.8. The second-order valence-corrected chi connectivity index (χ2v) is 5.46. The molecule has 0 aliphatic rings. The highest BCUT2D eigenvalue weighted by atomic mass is 35.5. The largest absolute Gasteiger partial charge is 0.461 e. The summed E-state index contributed by atoms with van der Waals surface area (Å²) in [5.74, 6) is -1.02. The maximum absolute atomic E-state index is 13.5. The van der Waals surface area contributed by atoms with Crippen LogP contribution < -0.4 is 0 Å². The van der Waals surface area contributed by atoms with E-state index in [2.05, 4.69) is 10.2 Å². The van der Waals surface area contributed by atoms with Crippen LogP contribution >= 0.6 is 11.6 Å². The fourth-order valence-electron chi connectivity index (χ4n) is 2.28. The van der Waals surface area contributed by atoms with Crippen molar-refractivity contribution >= 4 is 17.6 Å². The van der Waals surface area contributed by atoms with Gasteiger partial charge in [-0.3, -0.25) is 4.68 Å². The van der Waals surface area contributed by atoms with Gasteiger partial charge in [0.1, 0.15) is 5.82 Å². The smallest absolute Gasteiger partial charge is 0.359 e. The Kier molecular flexibility index (Phi) is 4.35. The van der Waals surface area contributed by atoms with Gasteiger partial charge in [0.25, 0.3) is 0 Å². The highest BCUT2D eigenvalue weighted by molar-refractivity contribution is 6.32. The lowest BCUT2D eigenvalue weighted by Crippen LogP contribution is -2.08. The van der Waals surface area contributed by atoms with Gasteiger partial charge in [0.15, 0.2) is 5.69 Å². The van der Waals surface area contributed by atoms with Crippen LogP contribution in [-0.2, 0) is 11.8 Å². The lowest BCUT2D eigenvalue weighted by Gasteiger charge is -2.04. The minimum absolute atomic E-state index is 0.116. The first-order valence-corrected chi connectivity index (χ1v) is 7.58. The minimum Gasteiger partial charge on any atom is -0.461 e. The number of hydrogen-bond acceptors (Lipinski definition) is 4. The third kappa shape index (κ3) is 3.03. The summed E-state index contributed by atoms with van der Waals surface area (Å²) in [5, 5.41) is 8.65. The lowest BCUT2D eigenvalue weighted by atomic mass is 10.1. The van der Waals surface area contributed by atoms with Gasteiger partial charge in [-0.2, -0.15) is 10.2 Å². The average molecular weight is 349 g/mol. The molecule has 0 aliphatic carbocycles. The molecule has 2 heterocycles. The quantitative estimate of drug-likeness (QED) is 0.679. The first-order chi connectivity index (χ1) is 11.5. The molecule has 124 valence electrons. The Morgan fingerprint density at radius 3 is 2.83 bits per heavy atom. The van der Waals surface area contributed by atoms with Crippen LogP contribution in [0.25, 0.3) is 16.8 Å². The topological polar surface area (TPSA) is 61.9 Å². The maximum Gasteiger partial charge on any atom is 0.359 e. The Balaban J connectivity index is 2.16. The zero-order chi connectivity index (χ0) is 17.3. The molecule has 6 nitrogen and oxygen atoms in total. The Morgan fingerprint density at radius 2 is 2.17 bits per heavy atom. The Bertz CT molecular complexity index is 903. The van der Waals surface area contributed by atoms with Gasteiger partial charge in [0, 0.05) is 36.6 Å². The number of ether oxygens (including phenoxy) is 1. The van der Waals surface area contributed by atoms with Crippen molar-refractivity contribution < 1.29 is 13.9 Å². The molecule has 8 heteroatoms. The predicted molar refractivity (Wildman–Crippen MR) is 86.7 cm³/mol. The third-order valence-corrected chi connectivity index (χ3v) is 3.67. The van der Waals surface area contributed by atoms with Gasteiger partial charge >= 0.3 is 5.97 Å². The summed E-state index contributed by atoms with van der Waals surface area (Å²) in [6.07, 6.45) is 4.96. The van der Waals surface area contributed by atoms with Crippen LogP contribution in [0.5, 0.6) is 0 Å². The molecule has 0 N–H and O–H groups in total. The maximum atomic E-state index is 13.5. The van der Waals surface area contributed by atoms with E-state index in [-0.39, 0.29) is 12.3 Å². The van der Waals surface area contributed by atoms with Crippen molar-refractivity contribution in [1.82, 2.24) is 19.6 Å². The van der Waals surface area contributed by atoms with Crippen molar-refractivity contribution in [2.24, 2.45) is 7.05 Å². The summed E-state index contributed by atoms with van der Waals surface area (Å²) < 4.78 is 21.6. The van der Waals surface area contributed by atoms with Crippen LogP contribution in [0.3, 0.4) is 0 Å². The molecule has 1 aromatic carbocycles. The molecule has 0 unspecified atom stereocenters. The minimum atomic E-state index is -0.567. The number of esters is 1. The second-order valence-electron chi connectivity index (χ2n) is 5.05. The van der Waals surface area contributed by atoms with Crippen LogP contribution in [0.2, 0.25) is 5.02 Å². The highest BCUT2D eigenvalue weighted by Crippen LogP contribution is 2.27. The van der Waals surface area contributed by atoms with E-state index in [1.54, 1.807) is 37.2 Å². The molecule has 0 spiro atoms. The fraction of sp³-hybridized carbons (Fsp3) is 0.188. The number of nitrogens with zero attached hydrogens (tertiary/aromatic N) is 4. The molecule has 0 saturated carbocycles. The summed E-state index contributed by atoms with van der Waals surface area (Å²) in [6, 6.07) is 3.93. The third-order valence-electron chi connectivity index (χ3n) is 3.35. The number of aromatic nitrogens is 4. The fourth-order valence-corrected chi connectivity index (χ4v) is 2.48. The van der Waals surface area contributed by atoms with Gasteiger partial charge in [-0.25, -0.2) is 13.9 Å². The van der Waals surface area contributed by atoms with E-state index >= 15 is 0 Å². The Morgan fingerprint density at radius 1 is 1.38 bits per heavy atom. The molecule has 2 aromatic heterocycles. The number of aryl methyl sites for hydroxylation is 1. The van der Waals surface area contributed by atoms with Gasteiger partial charge < -0.3 is 4.74 Å². The molecule has 0 saturated heterocycles. The summed E-state index contributed by atoms with van der Waals surface area (Å²) in [5.41, 5.74) is 1.67. The van der Waals surface area contributed by atoms with E-state index in [4.69, 9.17) is 16.3 Å². The molecule has 0 fully saturated rings. The van der Waals surface area contributed by atoms with Gasteiger partial charge in [0.2, 0.25) is 0 Å². The van der Waals surface area contributed by atoms with E-state index in [9.17, 15) is 9.18 Å². The van der Waals surface area contributed by atoms with Crippen LogP contribution in [0.1, 0.15) is 17.4 Å². The van der Waals surface area contributed by atoms with Crippen molar-refractivity contribution in [3.05, 3.63) is 53.3 Å². The summed E-state index contributed by atoms with van der Waals surface area (Å²) >= 11 is 6.12. The average Bonchev–Trinajstić information content (AvgIpc) is 3.16. The van der Waals surface area contributed by atoms with Gasteiger partial charge in [-0.15, -0.1) is 0 Å². The number of benzene rings is 1. The Labute approximate surface area is 142 Å². The van der Waals surface area contributed by atoms with Gasteiger partial charge in [0.05, 0.1) is 23.5 Å². The van der Waals surface area contributed by atoms with Crippen LogP contribution in [0.15, 0.2) is 36.8 Å².